The van der Waals surface area contributed by atoms with Gasteiger partial charge in [-0.15, -0.1) is 0 Å². The maximum absolute atomic E-state index is 11.4. The van der Waals surface area contributed by atoms with Gasteiger partial charge in [-0.2, -0.15) is 0 Å². The Bertz CT molecular complexity index is 845. The zero-order valence-electron chi connectivity index (χ0n) is 15.8. The summed E-state index contributed by atoms with van der Waals surface area (Å²) in [5, 5.41) is 13.5. The quantitative estimate of drug-likeness (QED) is 0.482. The lowest BCUT2D eigenvalue weighted by molar-refractivity contribution is -0.140. The van der Waals surface area contributed by atoms with Gasteiger partial charge in [0.1, 0.15) is 12.6 Å². The van der Waals surface area contributed by atoms with Gasteiger partial charge in [0, 0.05) is 26.6 Å². The molecule has 2 aromatic rings. The van der Waals surface area contributed by atoms with Crippen molar-refractivity contribution in [1.82, 2.24) is 5.32 Å². The van der Waals surface area contributed by atoms with E-state index in [0.29, 0.717) is 28.1 Å². The fraction of sp³-hybridized carbons (Fsp3) is 0.350. The molecule has 0 heterocycles. The maximum atomic E-state index is 11.4. The zero-order chi connectivity index (χ0) is 20.8. The minimum atomic E-state index is -0.877. The third kappa shape index (κ3) is 6.01. The van der Waals surface area contributed by atoms with Crippen LogP contribution in [0.1, 0.15) is 25.0 Å². The summed E-state index contributed by atoms with van der Waals surface area (Å²) >= 11 is 15.6. The van der Waals surface area contributed by atoms with E-state index in [1.807, 2.05) is 26.0 Å². The molecule has 2 aromatic carbocycles. The molecule has 28 heavy (non-hydrogen) atoms. The fourth-order valence-corrected chi connectivity index (χ4v) is 3.53. The van der Waals surface area contributed by atoms with Crippen LogP contribution in [-0.2, 0) is 17.9 Å². The second kappa shape index (κ2) is 10.3. The number of benzene rings is 2. The van der Waals surface area contributed by atoms with Crippen LogP contribution in [0.4, 0.5) is 0 Å². The number of halogens is 3. The van der Waals surface area contributed by atoms with E-state index in [2.05, 4.69) is 21.2 Å². The van der Waals surface area contributed by atoms with Gasteiger partial charge in [0.15, 0.2) is 11.5 Å². The molecule has 0 saturated heterocycles. The van der Waals surface area contributed by atoms with Crippen LogP contribution in [-0.4, -0.2) is 24.2 Å². The maximum Gasteiger partial charge on any atom is 0.320 e. The summed E-state index contributed by atoms with van der Waals surface area (Å²) in [6.45, 7) is 4.35. The van der Waals surface area contributed by atoms with Crippen LogP contribution in [0, 0.1) is 5.92 Å². The molecule has 0 spiro atoms. The zero-order valence-corrected chi connectivity index (χ0v) is 18.9. The number of methoxy groups -OCH3 is 1. The lowest BCUT2D eigenvalue weighted by atomic mass is 10.0. The first-order valence-corrected chi connectivity index (χ1v) is 10.2. The average Bonchev–Trinajstić information content (AvgIpc) is 2.61. The van der Waals surface area contributed by atoms with Gasteiger partial charge in [0.05, 0.1) is 7.11 Å². The first kappa shape index (κ1) is 22.8. The Morgan fingerprint density at radius 2 is 1.89 bits per heavy atom. The lowest BCUT2D eigenvalue weighted by Gasteiger charge is -2.19. The van der Waals surface area contributed by atoms with Gasteiger partial charge in [0.2, 0.25) is 0 Å². The van der Waals surface area contributed by atoms with E-state index in [4.69, 9.17) is 32.7 Å². The van der Waals surface area contributed by atoms with E-state index in [9.17, 15) is 9.90 Å². The molecule has 0 bridgehead atoms. The van der Waals surface area contributed by atoms with Crippen LogP contribution in [0.5, 0.6) is 11.5 Å². The van der Waals surface area contributed by atoms with E-state index in [-0.39, 0.29) is 12.5 Å². The number of aliphatic carboxylic acids is 1. The van der Waals surface area contributed by atoms with Gasteiger partial charge in [-0.1, -0.05) is 59.0 Å². The second-order valence-electron chi connectivity index (χ2n) is 6.56. The van der Waals surface area contributed by atoms with Crippen molar-refractivity contribution in [1.29, 1.82) is 0 Å². The largest absolute Gasteiger partial charge is 0.493 e. The third-order valence-electron chi connectivity index (χ3n) is 4.18. The third-order valence-corrected chi connectivity index (χ3v) is 5.50. The van der Waals surface area contributed by atoms with E-state index in [0.717, 1.165) is 15.6 Å². The Hall–Kier alpha value is -1.47. The molecule has 0 fully saturated rings. The summed E-state index contributed by atoms with van der Waals surface area (Å²) in [5.41, 5.74) is 1.66. The molecule has 2 N–H and O–H groups in total. The summed E-state index contributed by atoms with van der Waals surface area (Å²) < 4.78 is 12.1. The summed E-state index contributed by atoms with van der Waals surface area (Å²) in [7, 11) is 1.55. The van der Waals surface area contributed by atoms with Gasteiger partial charge in [-0.3, -0.25) is 4.79 Å². The molecule has 0 aliphatic heterocycles. The van der Waals surface area contributed by atoms with Gasteiger partial charge >= 0.3 is 5.97 Å². The first-order chi connectivity index (χ1) is 13.2. The number of hydrogen-bond acceptors (Lipinski definition) is 4. The van der Waals surface area contributed by atoms with Crippen LogP contribution in [0.2, 0.25) is 10.0 Å². The summed E-state index contributed by atoms with van der Waals surface area (Å²) in [5.74, 6) is 0.173. The van der Waals surface area contributed by atoms with Crippen LogP contribution < -0.4 is 14.8 Å². The van der Waals surface area contributed by atoms with E-state index < -0.39 is 12.0 Å². The Morgan fingerprint density at radius 1 is 1.18 bits per heavy atom. The van der Waals surface area contributed by atoms with Crippen LogP contribution >= 0.6 is 39.1 Å². The predicted molar refractivity (Wildman–Crippen MR) is 115 cm³/mol. The van der Waals surface area contributed by atoms with Gasteiger partial charge in [0.25, 0.3) is 0 Å². The molecule has 0 aliphatic carbocycles. The highest BCUT2D eigenvalue weighted by atomic mass is 79.9. The average molecular weight is 491 g/mol. The van der Waals surface area contributed by atoms with Crippen molar-refractivity contribution >= 4 is 45.1 Å². The number of rotatable bonds is 9. The van der Waals surface area contributed by atoms with Crippen molar-refractivity contribution in [2.45, 2.75) is 33.0 Å². The van der Waals surface area contributed by atoms with Crippen LogP contribution in [0.3, 0.4) is 0 Å². The normalized spacial score (nSPS) is 12.1. The first-order valence-electron chi connectivity index (χ1n) is 8.62. The standard InChI is InChI=1S/C20H22BrCl2NO4/c1-11(2)19(20(25)26)24-9-13-6-17(27-3)18(8-15(13)21)28-10-12-4-5-14(22)7-16(12)23/h4-8,11,19,24H,9-10H2,1-3H3,(H,25,26). The molecule has 152 valence electrons. The molecule has 0 aromatic heterocycles. The Kier molecular flexibility index (Phi) is 8.43. The summed E-state index contributed by atoms with van der Waals surface area (Å²) in [6, 6.07) is 8.20. The molecular formula is C20H22BrCl2NO4. The highest BCUT2D eigenvalue weighted by Gasteiger charge is 2.21. The summed E-state index contributed by atoms with van der Waals surface area (Å²) in [4.78, 5) is 11.4. The van der Waals surface area contributed by atoms with Crippen molar-refractivity contribution < 1.29 is 19.4 Å². The van der Waals surface area contributed by atoms with Gasteiger partial charge < -0.3 is 19.9 Å². The number of carbonyl (C=O) groups is 1. The number of carboxylic acids is 1. The van der Waals surface area contributed by atoms with Gasteiger partial charge in [-0.05, 0) is 35.7 Å². The van der Waals surface area contributed by atoms with E-state index >= 15 is 0 Å². The van der Waals surface area contributed by atoms with Crippen molar-refractivity contribution in [3.63, 3.8) is 0 Å². The minimum Gasteiger partial charge on any atom is -0.493 e. The van der Waals surface area contributed by atoms with Crippen LogP contribution in [0.25, 0.3) is 0 Å². The molecule has 5 nitrogen and oxygen atoms in total. The molecule has 8 heteroatoms. The topological polar surface area (TPSA) is 67.8 Å². The number of ether oxygens (including phenoxy) is 2. The minimum absolute atomic E-state index is 0.0371. The second-order valence-corrected chi connectivity index (χ2v) is 8.26. The SMILES string of the molecule is COc1cc(CNC(C(=O)O)C(C)C)c(Br)cc1OCc1ccc(Cl)cc1Cl. The molecular weight excluding hydrogens is 469 g/mol. The number of hydrogen-bond donors (Lipinski definition) is 2. The smallest absolute Gasteiger partial charge is 0.320 e. The van der Waals surface area contributed by atoms with Crippen molar-refractivity contribution in [2.75, 3.05) is 7.11 Å². The van der Waals surface area contributed by atoms with Crippen molar-refractivity contribution in [2.24, 2.45) is 5.92 Å². The lowest BCUT2D eigenvalue weighted by Crippen LogP contribution is -2.40. The molecule has 2 rings (SSSR count). The van der Waals surface area contributed by atoms with Crippen LogP contribution in [0.15, 0.2) is 34.8 Å². The fourth-order valence-electron chi connectivity index (χ4n) is 2.61. The Balaban J connectivity index is 2.15. The Labute approximate surface area is 183 Å². The number of carboxylic acid groups (broad SMARTS) is 1. The predicted octanol–water partition coefficient (Wildman–Crippen LogP) is 5.54. The molecule has 1 unspecified atom stereocenters. The monoisotopic (exact) mass is 489 g/mol. The van der Waals surface area contributed by atoms with E-state index in [1.54, 1.807) is 25.3 Å². The highest BCUT2D eigenvalue weighted by Crippen LogP contribution is 2.35. The van der Waals surface area contributed by atoms with E-state index in [1.165, 1.54) is 0 Å². The van der Waals surface area contributed by atoms with Crippen molar-refractivity contribution in [3.8, 4) is 11.5 Å². The Morgan fingerprint density at radius 3 is 2.46 bits per heavy atom. The molecule has 0 radical (unpaired) electrons. The summed E-state index contributed by atoms with van der Waals surface area (Å²) in [6.07, 6.45) is 0. The van der Waals surface area contributed by atoms with Crippen molar-refractivity contribution in [3.05, 3.63) is 56.0 Å². The molecule has 0 aliphatic rings. The highest BCUT2D eigenvalue weighted by molar-refractivity contribution is 9.10. The number of nitrogens with one attached hydrogen (secondary N) is 1. The molecule has 1 atom stereocenters. The van der Waals surface area contributed by atoms with Gasteiger partial charge in [-0.25, -0.2) is 0 Å². The molecule has 0 amide bonds. The molecule has 0 saturated carbocycles.